The molecule has 1 aliphatic rings. The fourth-order valence-electron chi connectivity index (χ4n) is 2.67. The molecule has 5 nitrogen and oxygen atoms in total. The van der Waals surface area contributed by atoms with Crippen molar-refractivity contribution in [3.8, 4) is 0 Å². The van der Waals surface area contributed by atoms with E-state index in [-0.39, 0.29) is 5.56 Å². The van der Waals surface area contributed by atoms with Gasteiger partial charge in [0.2, 0.25) is 0 Å². The molecule has 20 heavy (non-hydrogen) atoms. The first-order valence-electron chi connectivity index (χ1n) is 7.42. The van der Waals surface area contributed by atoms with Crippen LogP contribution < -0.4 is 15.8 Å². The predicted octanol–water partition coefficient (Wildman–Crippen LogP) is 1.99. The molecule has 1 fully saturated rings. The maximum absolute atomic E-state index is 12.3. The van der Waals surface area contributed by atoms with Crippen molar-refractivity contribution < 1.29 is 0 Å². The van der Waals surface area contributed by atoms with Crippen molar-refractivity contribution in [2.75, 3.05) is 24.5 Å². The van der Waals surface area contributed by atoms with Crippen LogP contribution in [0.15, 0.2) is 15.5 Å². The highest BCUT2D eigenvalue weighted by atomic mass is 79.9. The maximum Gasteiger partial charge on any atom is 0.283 e. The van der Waals surface area contributed by atoms with Crippen molar-refractivity contribution in [3.05, 3.63) is 21.0 Å². The Balaban J connectivity index is 2.33. The van der Waals surface area contributed by atoms with Crippen LogP contribution in [0.5, 0.6) is 0 Å². The van der Waals surface area contributed by atoms with Crippen molar-refractivity contribution in [3.63, 3.8) is 0 Å². The summed E-state index contributed by atoms with van der Waals surface area (Å²) in [5.74, 6) is 0. The van der Waals surface area contributed by atoms with Gasteiger partial charge in [-0.15, -0.1) is 0 Å². The second-order valence-electron chi connectivity index (χ2n) is 5.21. The van der Waals surface area contributed by atoms with Crippen LogP contribution in [0, 0.1) is 0 Å². The molecule has 0 bridgehead atoms. The summed E-state index contributed by atoms with van der Waals surface area (Å²) in [6.45, 7) is 7.84. The quantitative estimate of drug-likeness (QED) is 0.858. The van der Waals surface area contributed by atoms with Crippen LogP contribution in [0.2, 0.25) is 0 Å². The van der Waals surface area contributed by atoms with Crippen LogP contribution in [0.3, 0.4) is 0 Å². The molecule has 0 radical (unpaired) electrons. The summed E-state index contributed by atoms with van der Waals surface area (Å²) >= 11 is 3.48. The SMILES string of the molecule is CCCN(c1cnn(CCC)c(=O)c1Br)C1CCNC1. The van der Waals surface area contributed by atoms with Gasteiger partial charge in [0.1, 0.15) is 4.47 Å². The molecule has 0 spiro atoms. The van der Waals surface area contributed by atoms with Gasteiger partial charge in [-0.3, -0.25) is 4.79 Å². The molecule has 1 N–H and O–H groups in total. The van der Waals surface area contributed by atoms with E-state index in [1.54, 1.807) is 0 Å². The average molecular weight is 343 g/mol. The van der Waals surface area contributed by atoms with Gasteiger partial charge in [-0.05, 0) is 41.7 Å². The van der Waals surface area contributed by atoms with Gasteiger partial charge < -0.3 is 10.2 Å². The van der Waals surface area contributed by atoms with E-state index in [1.165, 1.54) is 4.68 Å². The first-order valence-corrected chi connectivity index (χ1v) is 8.21. The van der Waals surface area contributed by atoms with Gasteiger partial charge in [-0.2, -0.15) is 5.10 Å². The van der Waals surface area contributed by atoms with Gasteiger partial charge in [0.05, 0.1) is 11.9 Å². The van der Waals surface area contributed by atoms with Crippen LogP contribution in [0.4, 0.5) is 5.69 Å². The van der Waals surface area contributed by atoms with E-state index in [9.17, 15) is 4.79 Å². The number of hydrogen-bond acceptors (Lipinski definition) is 4. The zero-order chi connectivity index (χ0) is 14.5. The fraction of sp³-hybridized carbons (Fsp3) is 0.714. The summed E-state index contributed by atoms with van der Waals surface area (Å²) in [5, 5.41) is 7.70. The minimum absolute atomic E-state index is 0.0311. The standard InChI is InChI=1S/C14H23BrN4O/c1-3-7-18(11-5-6-16-9-11)12-10-17-19(8-4-2)14(20)13(12)15/h10-11,16H,3-9H2,1-2H3. The Kier molecular flexibility index (Phi) is 5.60. The number of rotatable bonds is 6. The molecular weight excluding hydrogens is 320 g/mol. The number of aryl methyl sites for hydroxylation is 1. The summed E-state index contributed by atoms with van der Waals surface area (Å²) in [4.78, 5) is 14.6. The lowest BCUT2D eigenvalue weighted by Gasteiger charge is -2.30. The largest absolute Gasteiger partial charge is 0.365 e. The monoisotopic (exact) mass is 342 g/mol. The van der Waals surface area contributed by atoms with Crippen molar-refractivity contribution in [2.45, 2.75) is 45.7 Å². The van der Waals surface area contributed by atoms with Crippen LogP contribution in [-0.2, 0) is 6.54 Å². The molecule has 0 amide bonds. The Morgan fingerprint density at radius 2 is 2.30 bits per heavy atom. The van der Waals surface area contributed by atoms with Gasteiger partial charge in [-0.25, -0.2) is 4.68 Å². The molecule has 1 aliphatic heterocycles. The third kappa shape index (κ3) is 3.23. The summed E-state index contributed by atoms with van der Waals surface area (Å²) < 4.78 is 2.17. The summed E-state index contributed by atoms with van der Waals surface area (Å²) in [6.07, 6.45) is 4.91. The topological polar surface area (TPSA) is 50.2 Å². The van der Waals surface area contributed by atoms with Gasteiger partial charge in [0, 0.05) is 25.7 Å². The number of anilines is 1. The number of halogens is 1. The molecule has 0 saturated carbocycles. The minimum atomic E-state index is -0.0311. The zero-order valence-corrected chi connectivity index (χ0v) is 13.8. The van der Waals surface area contributed by atoms with E-state index in [1.807, 2.05) is 13.1 Å². The molecule has 2 rings (SSSR count). The van der Waals surface area contributed by atoms with Gasteiger partial charge in [0.15, 0.2) is 0 Å². The first kappa shape index (κ1) is 15.5. The molecule has 2 heterocycles. The summed E-state index contributed by atoms with van der Waals surface area (Å²) in [5.41, 5.74) is 0.898. The average Bonchev–Trinajstić information content (AvgIpc) is 2.96. The Morgan fingerprint density at radius 1 is 1.50 bits per heavy atom. The molecule has 1 unspecified atom stereocenters. The smallest absolute Gasteiger partial charge is 0.283 e. The Labute approximate surface area is 128 Å². The van der Waals surface area contributed by atoms with Crippen LogP contribution in [-0.4, -0.2) is 35.5 Å². The molecule has 1 aromatic rings. The maximum atomic E-state index is 12.3. The van der Waals surface area contributed by atoms with Crippen LogP contribution in [0.25, 0.3) is 0 Å². The lowest BCUT2D eigenvalue weighted by atomic mass is 10.2. The number of hydrogen-bond donors (Lipinski definition) is 1. The van der Waals surface area contributed by atoms with Gasteiger partial charge >= 0.3 is 0 Å². The molecule has 112 valence electrons. The highest BCUT2D eigenvalue weighted by molar-refractivity contribution is 9.10. The molecule has 1 saturated heterocycles. The molecule has 0 aliphatic carbocycles. The molecule has 0 aromatic carbocycles. The second kappa shape index (κ2) is 7.22. The summed E-state index contributed by atoms with van der Waals surface area (Å²) in [6, 6.07) is 0.453. The Bertz CT molecular complexity index is 496. The zero-order valence-electron chi connectivity index (χ0n) is 12.2. The third-order valence-electron chi connectivity index (χ3n) is 3.65. The second-order valence-corrected chi connectivity index (χ2v) is 6.01. The number of nitrogens with one attached hydrogen (secondary N) is 1. The Morgan fingerprint density at radius 3 is 2.90 bits per heavy atom. The normalized spacial score (nSPS) is 18.4. The molecular formula is C14H23BrN4O. The summed E-state index contributed by atoms with van der Waals surface area (Å²) in [7, 11) is 0. The van der Waals surface area contributed by atoms with Crippen molar-refractivity contribution in [1.29, 1.82) is 0 Å². The van der Waals surface area contributed by atoms with Crippen LogP contribution >= 0.6 is 15.9 Å². The lowest BCUT2D eigenvalue weighted by molar-refractivity contribution is 0.558. The predicted molar refractivity (Wildman–Crippen MR) is 85.4 cm³/mol. The molecule has 1 atom stereocenters. The lowest BCUT2D eigenvalue weighted by Crippen LogP contribution is -2.39. The van der Waals surface area contributed by atoms with Crippen molar-refractivity contribution in [1.82, 2.24) is 15.1 Å². The van der Waals surface area contributed by atoms with E-state index in [2.05, 4.69) is 38.2 Å². The number of nitrogens with zero attached hydrogens (tertiary/aromatic N) is 3. The minimum Gasteiger partial charge on any atom is -0.365 e. The third-order valence-corrected chi connectivity index (χ3v) is 4.40. The highest BCUT2D eigenvalue weighted by Crippen LogP contribution is 2.25. The molecule has 6 heteroatoms. The highest BCUT2D eigenvalue weighted by Gasteiger charge is 2.25. The first-order chi connectivity index (χ1) is 9.69. The van der Waals surface area contributed by atoms with Gasteiger partial charge in [0.25, 0.3) is 5.56 Å². The fourth-order valence-corrected chi connectivity index (χ4v) is 3.21. The van der Waals surface area contributed by atoms with Crippen molar-refractivity contribution >= 4 is 21.6 Å². The molecule has 1 aromatic heterocycles. The van der Waals surface area contributed by atoms with E-state index < -0.39 is 0 Å². The number of aromatic nitrogens is 2. The van der Waals surface area contributed by atoms with E-state index in [0.29, 0.717) is 17.1 Å². The van der Waals surface area contributed by atoms with Crippen LogP contribution in [0.1, 0.15) is 33.1 Å². The van der Waals surface area contributed by atoms with E-state index in [4.69, 9.17) is 0 Å². The Hall–Kier alpha value is -0.880. The van der Waals surface area contributed by atoms with Gasteiger partial charge in [-0.1, -0.05) is 13.8 Å². The van der Waals surface area contributed by atoms with E-state index >= 15 is 0 Å². The van der Waals surface area contributed by atoms with Crippen molar-refractivity contribution in [2.24, 2.45) is 0 Å². The van der Waals surface area contributed by atoms with E-state index in [0.717, 1.165) is 44.6 Å².